The van der Waals surface area contributed by atoms with Gasteiger partial charge in [-0.3, -0.25) is 4.79 Å². The molecule has 0 saturated heterocycles. The minimum atomic E-state index is -0.522. The first-order chi connectivity index (χ1) is 9.33. The van der Waals surface area contributed by atoms with Crippen LogP contribution in [0, 0.1) is 11.8 Å². The molecular weight excluding hydrogens is 256 g/mol. The maximum absolute atomic E-state index is 12.6. The fraction of sp³-hybridized carbons (Fsp3) is 0.857. The van der Waals surface area contributed by atoms with Gasteiger partial charge in [0.05, 0.1) is 5.92 Å². The molecule has 0 spiro atoms. The van der Waals surface area contributed by atoms with Crippen LogP contribution in [0.3, 0.4) is 0 Å². The number of nitrogens with two attached hydrogens (primary N) is 1. The van der Waals surface area contributed by atoms with Gasteiger partial charge in [-0.1, -0.05) is 32.3 Å². The Morgan fingerprint density at radius 2 is 1.90 bits per heavy atom. The SMILES string of the molecule is CCCC(C(=O)N(CCN(C)C)CC(C)C)C(N)=NO. The molecule has 0 saturated carbocycles. The van der Waals surface area contributed by atoms with Crippen molar-refractivity contribution >= 4 is 11.7 Å². The molecule has 0 aliphatic heterocycles. The number of oxime groups is 1. The van der Waals surface area contributed by atoms with Gasteiger partial charge in [0.25, 0.3) is 0 Å². The van der Waals surface area contributed by atoms with E-state index in [1.165, 1.54) is 0 Å². The number of amidine groups is 1. The number of likely N-dealkylation sites (N-methyl/N-ethyl adjacent to an activating group) is 1. The second-order valence-corrected chi connectivity index (χ2v) is 5.85. The molecule has 20 heavy (non-hydrogen) atoms. The number of amides is 1. The number of hydrogen-bond donors (Lipinski definition) is 2. The standard InChI is InChI=1S/C14H30N4O2/c1-6-7-12(13(15)16-20)14(19)18(10-11(2)3)9-8-17(4)5/h11-12,20H,6-10H2,1-5H3,(H2,15,16). The Bertz CT molecular complexity index is 316. The third-order valence-corrected chi connectivity index (χ3v) is 3.06. The minimum absolute atomic E-state index is 0.00968. The van der Waals surface area contributed by atoms with Crippen molar-refractivity contribution < 1.29 is 10.0 Å². The van der Waals surface area contributed by atoms with Crippen molar-refractivity contribution in [2.75, 3.05) is 33.7 Å². The van der Waals surface area contributed by atoms with Gasteiger partial charge in [0.15, 0.2) is 5.84 Å². The average Bonchev–Trinajstić information content (AvgIpc) is 2.38. The van der Waals surface area contributed by atoms with E-state index < -0.39 is 5.92 Å². The summed E-state index contributed by atoms with van der Waals surface area (Å²) in [6.45, 7) is 8.28. The predicted octanol–water partition coefficient (Wildman–Crippen LogP) is 1.20. The Hall–Kier alpha value is -1.30. The molecule has 1 atom stereocenters. The highest BCUT2D eigenvalue weighted by atomic mass is 16.4. The van der Waals surface area contributed by atoms with Crippen LogP contribution in [-0.2, 0) is 4.79 Å². The normalized spacial score (nSPS) is 13.8. The van der Waals surface area contributed by atoms with Crippen molar-refractivity contribution in [1.82, 2.24) is 9.80 Å². The van der Waals surface area contributed by atoms with Crippen LogP contribution in [0.1, 0.15) is 33.6 Å². The topological polar surface area (TPSA) is 82.2 Å². The Balaban J connectivity index is 4.95. The molecule has 0 aromatic heterocycles. The van der Waals surface area contributed by atoms with Gasteiger partial charge < -0.3 is 20.7 Å². The van der Waals surface area contributed by atoms with Gasteiger partial charge >= 0.3 is 0 Å². The fourth-order valence-corrected chi connectivity index (χ4v) is 2.03. The highest BCUT2D eigenvalue weighted by Crippen LogP contribution is 2.13. The van der Waals surface area contributed by atoms with Crippen LogP contribution in [0.2, 0.25) is 0 Å². The zero-order valence-corrected chi connectivity index (χ0v) is 13.5. The van der Waals surface area contributed by atoms with Gasteiger partial charge in [-0.05, 0) is 26.4 Å². The van der Waals surface area contributed by atoms with Gasteiger partial charge in [0, 0.05) is 19.6 Å². The van der Waals surface area contributed by atoms with E-state index in [0.29, 0.717) is 25.4 Å². The van der Waals surface area contributed by atoms with Crippen molar-refractivity contribution in [3.63, 3.8) is 0 Å². The van der Waals surface area contributed by atoms with Crippen LogP contribution in [0.4, 0.5) is 0 Å². The predicted molar refractivity (Wildman–Crippen MR) is 81.8 cm³/mol. The number of nitrogens with zero attached hydrogens (tertiary/aromatic N) is 3. The summed E-state index contributed by atoms with van der Waals surface area (Å²) >= 11 is 0. The molecule has 0 bridgehead atoms. The maximum Gasteiger partial charge on any atom is 0.233 e. The first-order valence-corrected chi connectivity index (χ1v) is 7.24. The van der Waals surface area contributed by atoms with Crippen molar-refractivity contribution in [3.05, 3.63) is 0 Å². The monoisotopic (exact) mass is 286 g/mol. The molecule has 0 aliphatic carbocycles. The molecule has 118 valence electrons. The Kier molecular flexibility index (Phi) is 8.96. The van der Waals surface area contributed by atoms with Crippen molar-refractivity contribution in [2.24, 2.45) is 22.7 Å². The Morgan fingerprint density at radius 3 is 2.30 bits per heavy atom. The lowest BCUT2D eigenvalue weighted by atomic mass is 10.00. The lowest BCUT2D eigenvalue weighted by molar-refractivity contribution is -0.134. The molecule has 3 N–H and O–H groups in total. The summed E-state index contributed by atoms with van der Waals surface area (Å²) in [4.78, 5) is 16.5. The van der Waals surface area contributed by atoms with E-state index in [1.54, 1.807) is 0 Å². The number of rotatable bonds is 9. The van der Waals surface area contributed by atoms with Gasteiger partial charge in [-0.2, -0.15) is 0 Å². The lowest BCUT2D eigenvalue weighted by Crippen LogP contribution is -2.45. The summed E-state index contributed by atoms with van der Waals surface area (Å²) in [5, 5.41) is 11.9. The van der Waals surface area contributed by atoms with Crippen LogP contribution in [0.25, 0.3) is 0 Å². The highest BCUT2D eigenvalue weighted by molar-refractivity contribution is 6.02. The van der Waals surface area contributed by atoms with E-state index in [1.807, 2.05) is 30.8 Å². The summed E-state index contributed by atoms with van der Waals surface area (Å²) in [6.07, 6.45) is 1.42. The molecule has 1 unspecified atom stereocenters. The van der Waals surface area contributed by atoms with Crippen molar-refractivity contribution in [1.29, 1.82) is 0 Å². The Labute approximate surface area is 122 Å². The van der Waals surface area contributed by atoms with Gasteiger partial charge in [0.2, 0.25) is 5.91 Å². The second kappa shape index (κ2) is 9.58. The summed E-state index contributed by atoms with van der Waals surface area (Å²) < 4.78 is 0. The largest absolute Gasteiger partial charge is 0.409 e. The van der Waals surface area contributed by atoms with Crippen LogP contribution >= 0.6 is 0 Å². The van der Waals surface area contributed by atoms with Gasteiger partial charge in [-0.15, -0.1) is 0 Å². The third kappa shape index (κ3) is 6.75. The molecule has 6 heteroatoms. The summed E-state index contributed by atoms with van der Waals surface area (Å²) in [7, 11) is 3.95. The summed E-state index contributed by atoms with van der Waals surface area (Å²) in [6, 6.07) is 0. The molecular formula is C14H30N4O2. The number of hydrogen-bond acceptors (Lipinski definition) is 4. The van der Waals surface area contributed by atoms with E-state index in [9.17, 15) is 4.79 Å². The van der Waals surface area contributed by atoms with Crippen molar-refractivity contribution in [2.45, 2.75) is 33.6 Å². The van der Waals surface area contributed by atoms with Gasteiger partial charge in [0.1, 0.15) is 0 Å². The van der Waals surface area contributed by atoms with Crippen LogP contribution in [-0.4, -0.2) is 60.5 Å². The molecule has 1 amide bonds. The summed E-state index contributed by atoms with van der Waals surface area (Å²) in [5.74, 6) is -0.172. The van der Waals surface area contributed by atoms with Crippen molar-refractivity contribution in [3.8, 4) is 0 Å². The molecule has 0 aromatic rings. The molecule has 0 aliphatic rings. The van der Waals surface area contributed by atoms with E-state index >= 15 is 0 Å². The van der Waals surface area contributed by atoms with Gasteiger partial charge in [-0.25, -0.2) is 0 Å². The number of carbonyl (C=O) groups is 1. The fourth-order valence-electron chi connectivity index (χ4n) is 2.03. The average molecular weight is 286 g/mol. The lowest BCUT2D eigenvalue weighted by Gasteiger charge is -2.29. The molecule has 0 fully saturated rings. The third-order valence-electron chi connectivity index (χ3n) is 3.06. The minimum Gasteiger partial charge on any atom is -0.409 e. The van der Waals surface area contributed by atoms with E-state index in [0.717, 1.165) is 13.0 Å². The first-order valence-electron chi connectivity index (χ1n) is 7.24. The molecule has 6 nitrogen and oxygen atoms in total. The molecule has 0 heterocycles. The zero-order valence-electron chi connectivity index (χ0n) is 13.5. The maximum atomic E-state index is 12.6. The quantitative estimate of drug-likeness (QED) is 0.289. The summed E-state index contributed by atoms with van der Waals surface area (Å²) in [5.41, 5.74) is 5.67. The Morgan fingerprint density at radius 1 is 1.30 bits per heavy atom. The van der Waals surface area contributed by atoms with E-state index in [-0.39, 0.29) is 11.7 Å². The molecule has 0 aromatic carbocycles. The first kappa shape index (κ1) is 18.7. The zero-order chi connectivity index (χ0) is 15.7. The van der Waals surface area contributed by atoms with Crippen LogP contribution < -0.4 is 5.73 Å². The number of carbonyl (C=O) groups excluding carboxylic acids is 1. The molecule has 0 rings (SSSR count). The van der Waals surface area contributed by atoms with Crippen LogP contribution in [0.5, 0.6) is 0 Å². The highest BCUT2D eigenvalue weighted by Gasteiger charge is 2.27. The smallest absolute Gasteiger partial charge is 0.233 e. The van der Waals surface area contributed by atoms with E-state index in [4.69, 9.17) is 10.9 Å². The van der Waals surface area contributed by atoms with Crippen LogP contribution in [0.15, 0.2) is 5.16 Å². The van der Waals surface area contributed by atoms with E-state index in [2.05, 4.69) is 19.0 Å². The molecule has 0 radical (unpaired) electrons. The second-order valence-electron chi connectivity index (χ2n) is 5.85.